The van der Waals surface area contributed by atoms with Crippen LogP contribution in [0.1, 0.15) is 5.56 Å². The van der Waals surface area contributed by atoms with Gasteiger partial charge in [-0.2, -0.15) is 0 Å². The van der Waals surface area contributed by atoms with Gasteiger partial charge in [-0.15, -0.1) is 0 Å². The molecule has 0 saturated carbocycles. The summed E-state index contributed by atoms with van der Waals surface area (Å²) >= 11 is 9.77. The highest BCUT2D eigenvalue weighted by Gasteiger charge is 2.10. The molecule has 0 heterocycles. The molecule has 0 amide bonds. The van der Waals surface area contributed by atoms with Crippen LogP contribution < -0.4 is 10.1 Å². The summed E-state index contributed by atoms with van der Waals surface area (Å²) in [6.45, 7) is 2.05. The fourth-order valence-electron chi connectivity index (χ4n) is 1.84. The number of rotatable bonds is 7. The van der Waals surface area contributed by atoms with Gasteiger partial charge in [0, 0.05) is 30.8 Å². The second-order valence-electron chi connectivity index (χ2n) is 4.42. The van der Waals surface area contributed by atoms with Crippen LogP contribution in [-0.2, 0) is 11.3 Å². The maximum atomic E-state index is 6.29. The number of nitrogens with one attached hydrogen (secondary N) is 1. The standard InChI is InChI=1S/C16H17BrClNO2/c1-20-10-9-19-11-12-14(18)6-4-8-15(12)21-16-7-3-2-5-13(16)17/h2-8,19H,9-11H2,1H3. The van der Waals surface area contributed by atoms with Gasteiger partial charge in [0.05, 0.1) is 11.1 Å². The highest BCUT2D eigenvalue weighted by molar-refractivity contribution is 9.10. The minimum atomic E-state index is 0.628. The lowest BCUT2D eigenvalue weighted by molar-refractivity contribution is 0.199. The summed E-state index contributed by atoms with van der Waals surface area (Å²) in [4.78, 5) is 0. The van der Waals surface area contributed by atoms with E-state index in [9.17, 15) is 0 Å². The summed E-state index contributed by atoms with van der Waals surface area (Å²) < 4.78 is 11.9. The lowest BCUT2D eigenvalue weighted by Crippen LogP contribution is -2.19. The molecule has 0 bridgehead atoms. The van der Waals surface area contributed by atoms with Crippen molar-refractivity contribution in [2.75, 3.05) is 20.3 Å². The lowest BCUT2D eigenvalue weighted by Gasteiger charge is -2.14. The molecule has 21 heavy (non-hydrogen) atoms. The monoisotopic (exact) mass is 369 g/mol. The molecule has 112 valence electrons. The molecule has 0 aromatic heterocycles. The predicted molar refractivity (Wildman–Crippen MR) is 89.3 cm³/mol. The Morgan fingerprint density at radius 2 is 1.86 bits per heavy atom. The van der Waals surface area contributed by atoms with Gasteiger partial charge >= 0.3 is 0 Å². The van der Waals surface area contributed by atoms with E-state index in [-0.39, 0.29) is 0 Å². The van der Waals surface area contributed by atoms with E-state index < -0.39 is 0 Å². The Morgan fingerprint density at radius 3 is 2.62 bits per heavy atom. The fourth-order valence-corrected chi connectivity index (χ4v) is 2.44. The maximum absolute atomic E-state index is 6.29. The van der Waals surface area contributed by atoms with E-state index >= 15 is 0 Å². The lowest BCUT2D eigenvalue weighted by atomic mass is 10.2. The first-order valence-corrected chi connectivity index (χ1v) is 7.79. The van der Waals surface area contributed by atoms with Crippen LogP contribution in [0, 0.1) is 0 Å². The quantitative estimate of drug-likeness (QED) is 0.721. The molecule has 0 spiro atoms. The third kappa shape index (κ3) is 4.71. The first kappa shape index (κ1) is 16.3. The van der Waals surface area contributed by atoms with Crippen molar-refractivity contribution in [1.29, 1.82) is 0 Å². The number of hydrogen-bond acceptors (Lipinski definition) is 3. The molecule has 5 heteroatoms. The maximum Gasteiger partial charge on any atom is 0.141 e. The molecule has 0 atom stereocenters. The van der Waals surface area contributed by atoms with Crippen molar-refractivity contribution in [3.8, 4) is 11.5 Å². The number of ether oxygens (including phenoxy) is 2. The summed E-state index contributed by atoms with van der Waals surface area (Å²) in [7, 11) is 1.68. The predicted octanol–water partition coefficient (Wildman–Crippen LogP) is 4.63. The van der Waals surface area contributed by atoms with Gasteiger partial charge in [-0.1, -0.05) is 29.8 Å². The fraction of sp³-hybridized carbons (Fsp3) is 0.250. The van der Waals surface area contributed by atoms with Gasteiger partial charge in [-0.3, -0.25) is 0 Å². The van der Waals surface area contributed by atoms with Crippen LogP contribution in [0.3, 0.4) is 0 Å². The third-order valence-electron chi connectivity index (χ3n) is 2.92. The van der Waals surface area contributed by atoms with Gasteiger partial charge in [0.15, 0.2) is 0 Å². The summed E-state index contributed by atoms with van der Waals surface area (Å²) in [5.41, 5.74) is 0.936. The van der Waals surface area contributed by atoms with Crippen molar-refractivity contribution in [1.82, 2.24) is 5.32 Å². The van der Waals surface area contributed by atoms with E-state index in [0.29, 0.717) is 18.2 Å². The van der Waals surface area contributed by atoms with Crippen LogP contribution in [0.25, 0.3) is 0 Å². The Labute approximate surface area is 138 Å². The van der Waals surface area contributed by atoms with Crippen LogP contribution in [-0.4, -0.2) is 20.3 Å². The second-order valence-corrected chi connectivity index (χ2v) is 5.68. The molecule has 2 aromatic carbocycles. The van der Waals surface area contributed by atoms with E-state index in [1.807, 2.05) is 42.5 Å². The molecular weight excluding hydrogens is 354 g/mol. The summed E-state index contributed by atoms with van der Waals surface area (Å²) in [6, 6.07) is 13.4. The van der Waals surface area contributed by atoms with Crippen LogP contribution in [0.4, 0.5) is 0 Å². The number of halogens is 2. The van der Waals surface area contributed by atoms with Gasteiger partial charge < -0.3 is 14.8 Å². The largest absolute Gasteiger partial charge is 0.456 e. The van der Waals surface area contributed by atoms with Gasteiger partial charge in [0.1, 0.15) is 11.5 Å². The molecule has 2 aromatic rings. The highest BCUT2D eigenvalue weighted by Crippen LogP contribution is 2.33. The molecular formula is C16H17BrClNO2. The minimum absolute atomic E-state index is 0.628. The Morgan fingerprint density at radius 1 is 1.10 bits per heavy atom. The normalized spacial score (nSPS) is 10.6. The molecule has 0 unspecified atom stereocenters. The Balaban J connectivity index is 2.15. The first-order chi connectivity index (χ1) is 10.2. The second kappa shape index (κ2) is 8.39. The molecule has 0 fully saturated rings. The third-order valence-corrected chi connectivity index (χ3v) is 3.93. The number of hydrogen-bond donors (Lipinski definition) is 1. The number of para-hydroxylation sites is 1. The average molecular weight is 371 g/mol. The van der Waals surface area contributed by atoms with Crippen molar-refractivity contribution in [3.63, 3.8) is 0 Å². The van der Waals surface area contributed by atoms with Crippen LogP contribution >= 0.6 is 27.5 Å². The van der Waals surface area contributed by atoms with Crippen molar-refractivity contribution in [2.45, 2.75) is 6.54 Å². The molecule has 0 aliphatic carbocycles. The molecule has 0 aliphatic rings. The average Bonchev–Trinajstić information content (AvgIpc) is 2.48. The Bertz CT molecular complexity index is 592. The van der Waals surface area contributed by atoms with E-state index in [4.69, 9.17) is 21.1 Å². The van der Waals surface area contributed by atoms with E-state index in [0.717, 1.165) is 28.1 Å². The van der Waals surface area contributed by atoms with E-state index in [2.05, 4.69) is 21.2 Å². The molecule has 0 saturated heterocycles. The van der Waals surface area contributed by atoms with Crippen LogP contribution in [0.5, 0.6) is 11.5 Å². The highest BCUT2D eigenvalue weighted by atomic mass is 79.9. The number of methoxy groups -OCH3 is 1. The van der Waals surface area contributed by atoms with Crippen molar-refractivity contribution < 1.29 is 9.47 Å². The van der Waals surface area contributed by atoms with Crippen LogP contribution in [0.2, 0.25) is 5.02 Å². The minimum Gasteiger partial charge on any atom is -0.456 e. The summed E-state index contributed by atoms with van der Waals surface area (Å²) in [5.74, 6) is 1.51. The SMILES string of the molecule is COCCNCc1c(Cl)cccc1Oc1ccccc1Br. The smallest absolute Gasteiger partial charge is 0.141 e. The zero-order chi connectivity index (χ0) is 15.1. The first-order valence-electron chi connectivity index (χ1n) is 6.62. The number of benzene rings is 2. The van der Waals surface area contributed by atoms with Crippen molar-refractivity contribution in [3.05, 3.63) is 57.5 Å². The van der Waals surface area contributed by atoms with Gasteiger partial charge in [-0.05, 0) is 40.2 Å². The molecule has 1 N–H and O–H groups in total. The topological polar surface area (TPSA) is 30.5 Å². The van der Waals surface area contributed by atoms with E-state index in [1.54, 1.807) is 7.11 Å². The molecule has 0 radical (unpaired) electrons. The zero-order valence-corrected chi connectivity index (χ0v) is 14.1. The Kier molecular flexibility index (Phi) is 6.51. The molecule has 2 rings (SSSR count). The zero-order valence-electron chi connectivity index (χ0n) is 11.7. The summed E-state index contributed by atoms with van der Waals surface area (Å²) in [6.07, 6.45) is 0. The van der Waals surface area contributed by atoms with Gasteiger partial charge in [0.25, 0.3) is 0 Å². The van der Waals surface area contributed by atoms with Crippen molar-refractivity contribution in [2.24, 2.45) is 0 Å². The van der Waals surface area contributed by atoms with Gasteiger partial charge in [-0.25, -0.2) is 0 Å². The van der Waals surface area contributed by atoms with E-state index in [1.165, 1.54) is 0 Å². The van der Waals surface area contributed by atoms with Crippen molar-refractivity contribution >= 4 is 27.5 Å². The summed E-state index contributed by atoms with van der Waals surface area (Å²) in [5, 5.41) is 3.97. The molecule has 3 nitrogen and oxygen atoms in total. The van der Waals surface area contributed by atoms with Gasteiger partial charge in [0.2, 0.25) is 0 Å². The van der Waals surface area contributed by atoms with Crippen LogP contribution in [0.15, 0.2) is 46.9 Å². The Hall–Kier alpha value is -1.07. The molecule has 0 aliphatic heterocycles.